The van der Waals surface area contributed by atoms with Gasteiger partial charge < -0.3 is 61.3 Å². The number of alkyl halides is 3. The first kappa shape index (κ1) is 92.5. The van der Waals surface area contributed by atoms with Crippen LogP contribution in [0.1, 0.15) is 90.8 Å². The van der Waals surface area contributed by atoms with Gasteiger partial charge in [-0.3, -0.25) is 0 Å². The van der Waals surface area contributed by atoms with E-state index in [1.54, 1.807) is 72.9 Å². The van der Waals surface area contributed by atoms with Crippen molar-refractivity contribution in [1.29, 1.82) is 21.0 Å². The largest absolute Gasteiger partial charge is 0.453 e. The molecular weight excluding hydrogens is 1760 g/mol. The lowest BCUT2D eigenvalue weighted by Gasteiger charge is -2.32. The van der Waals surface area contributed by atoms with Gasteiger partial charge in [0.25, 0.3) is 5.82 Å². The predicted octanol–water partition coefficient (Wildman–Crippen LogP) is 14.1. The molecule has 0 spiro atoms. The third-order valence-corrected chi connectivity index (χ3v) is 23.4. The van der Waals surface area contributed by atoms with Crippen molar-refractivity contribution < 1.29 is 33.6 Å². The van der Waals surface area contributed by atoms with Crippen LogP contribution in [0.4, 0.5) is 82.5 Å². The fourth-order valence-electron chi connectivity index (χ4n) is 16.1. The van der Waals surface area contributed by atoms with Gasteiger partial charge in [0.15, 0.2) is 18.3 Å². The Bertz CT molecular complexity index is 7040. The number of benzene rings is 8. The van der Waals surface area contributed by atoms with Crippen LogP contribution < -0.4 is 40.9 Å². The summed E-state index contributed by atoms with van der Waals surface area (Å²) >= 11 is 0. The summed E-state index contributed by atoms with van der Waals surface area (Å²) < 4.78 is 41.0. The molecule has 4 saturated heterocycles. The molecule has 41 heteroatoms. The number of tetrazole rings is 2. The minimum atomic E-state index is -4.61. The zero-order chi connectivity index (χ0) is 95.6. The standard InChI is InChI=1S/C25H21F3N8O.2C24H23N9O.C24H22N8O/c26-25(27,28)23-31-15-36(34-23)19-4-2-18(3-5-19)32-24-30-10-7-21(33-24)16-1-6-22(17(13-16)14-29)35-11-8-20(37)9-12-35;1-16-29-30-31-33(16)20-5-3-19(4-6-20)27-24-26-11-8-22(28-24)17-2-7-23(18(14-17)15-25)32-12-9-21(34)10-13-32;1-32-30-23(29-31-32)16-2-5-19(6-3-16)27-24-26-11-8-21(28-24)17-4-7-22(18(14-17)15-25)33-12-9-20(34)10-13-33;25-14-18-13-17(3-6-22(18)32-11-8-20(33)9-12-32)21-7-10-26-24(30-21)29-19-4-1-16(2-5-19)23-27-15-28-31-23/h1-7,10,13,15,20,37H,8-9,11-12H2,(H,30,32,33);2-8,11,14,21,34H,9-10,12-13H2,1H3,(H,26,27,28);2-8,11,14,20,34H,9-10,12-13H2,1H3,(H,26,27,28);1-7,10,13,20,33H,8-9,11-12,15H2,(H,26,29,30). The second-order valence-electron chi connectivity index (χ2n) is 32.7. The number of aliphatic hydroxyl groups excluding tert-OH is 4. The zero-order valence-electron chi connectivity index (χ0n) is 74.5. The van der Waals surface area contributed by atoms with Crippen LogP contribution in [0.2, 0.25) is 0 Å². The number of hydrogen-bond acceptors (Lipinski definition) is 35. The van der Waals surface area contributed by atoms with E-state index in [0.29, 0.717) is 152 Å². The van der Waals surface area contributed by atoms with Crippen molar-refractivity contribution in [2.45, 2.75) is 88.9 Å². The number of aliphatic hydroxyl groups is 4. The van der Waals surface area contributed by atoms with Crippen LogP contribution in [0.25, 0.3) is 67.8 Å². The van der Waals surface area contributed by atoms with E-state index in [1.807, 2.05) is 165 Å². The smallest absolute Gasteiger partial charge is 0.393 e. The molecule has 5 aliphatic rings. The van der Waals surface area contributed by atoms with Crippen molar-refractivity contribution in [2.75, 3.05) is 99.9 Å². The first-order valence-electron chi connectivity index (χ1n) is 44.3. The van der Waals surface area contributed by atoms with Gasteiger partial charge in [-0.2, -0.15) is 48.8 Å². The van der Waals surface area contributed by atoms with Gasteiger partial charge in [-0.15, -0.1) is 25.5 Å². The van der Waals surface area contributed by atoms with Crippen molar-refractivity contribution >= 4 is 75.1 Å². The fraction of sp³-hybridized carbons (Fsp3) is 0.247. The summed E-state index contributed by atoms with van der Waals surface area (Å²) in [5.41, 5.74) is 18.0. The molecule has 0 aliphatic carbocycles. The number of piperidine rings is 4. The lowest BCUT2D eigenvalue weighted by molar-refractivity contribution is -0.144. The van der Waals surface area contributed by atoms with Crippen LogP contribution in [-0.4, -0.2) is 205 Å². The molecule has 4 fully saturated rings. The van der Waals surface area contributed by atoms with Crippen LogP contribution in [0.5, 0.6) is 0 Å². The maximum atomic E-state index is 12.8. The number of aryl methyl sites for hydroxylation is 2. The Morgan fingerprint density at radius 2 is 0.717 bits per heavy atom. The van der Waals surface area contributed by atoms with E-state index in [-0.39, 0.29) is 24.4 Å². The first-order chi connectivity index (χ1) is 67.2. The maximum absolute atomic E-state index is 12.8. The van der Waals surface area contributed by atoms with Crippen LogP contribution in [0.15, 0.2) is 240 Å². The molecule has 38 nitrogen and oxygen atoms in total. The number of aromatic nitrogens is 19. The van der Waals surface area contributed by atoms with Crippen LogP contribution >= 0.6 is 0 Å². The van der Waals surface area contributed by atoms with E-state index >= 15 is 0 Å². The van der Waals surface area contributed by atoms with Gasteiger partial charge in [0.2, 0.25) is 29.6 Å². The summed E-state index contributed by atoms with van der Waals surface area (Å²) in [6, 6.07) is 68.8. The summed E-state index contributed by atoms with van der Waals surface area (Å²) in [6.45, 7) is 8.04. The van der Waals surface area contributed by atoms with Crippen molar-refractivity contribution in [3.63, 3.8) is 0 Å². The van der Waals surface area contributed by atoms with E-state index in [0.717, 1.165) is 146 Å². The third kappa shape index (κ3) is 22.9. The molecule has 5 aliphatic heterocycles. The van der Waals surface area contributed by atoms with Gasteiger partial charge in [0.05, 0.1) is 111 Å². The number of amidine groups is 1. The molecule has 0 bridgehead atoms. The number of nitrogens with one attached hydrogen (secondary N) is 4. The van der Waals surface area contributed by atoms with Crippen molar-refractivity contribution in [3.8, 4) is 92.1 Å². The SMILES string of the molecule is Cc1nnnn1-c1ccc(Nc2nccc(-c3ccc(N4CCC(O)CC4)c(C#N)c3)n2)cc1.Cn1nnc(-c2ccc(Nc3nccc(-c4ccc(N5CCC(O)CC5)c(C#N)c4)n3)cc2)n1.N#Cc1cc(-c2ccnc(Nc3ccc(-n4cnc(C(F)(F)F)n4)cc3)n2)ccc1N1CCC(O)CC1.N#Cc1cc(-c2ccnc(Nc3ccc(C4=NCN=N4)cc3)n2)ccc1N1CCC(O)CC1. The maximum Gasteiger partial charge on any atom is 0.453 e. The van der Waals surface area contributed by atoms with Gasteiger partial charge in [-0.1, -0.05) is 24.3 Å². The van der Waals surface area contributed by atoms with Crippen molar-refractivity contribution in [1.82, 2.24) is 95.1 Å². The molecule has 692 valence electrons. The Hall–Kier alpha value is -17.4. The van der Waals surface area contributed by atoms with E-state index in [1.165, 1.54) is 4.80 Å². The number of azo groups is 1. The molecular formula is C97H89F3N34O4. The average Bonchev–Trinajstić information content (AvgIpc) is 0.965. The summed E-state index contributed by atoms with van der Waals surface area (Å²) in [6.07, 6.45) is 7.62. The van der Waals surface area contributed by atoms with Crippen molar-refractivity contribution in [2.24, 2.45) is 22.3 Å². The van der Waals surface area contributed by atoms with Crippen LogP contribution in [-0.2, 0) is 13.2 Å². The molecule has 0 saturated carbocycles. The van der Waals surface area contributed by atoms with Crippen LogP contribution in [0.3, 0.4) is 0 Å². The van der Waals surface area contributed by atoms with Crippen molar-refractivity contribution in [3.05, 3.63) is 265 Å². The second-order valence-corrected chi connectivity index (χ2v) is 32.7. The van der Waals surface area contributed by atoms with E-state index in [4.69, 9.17) is 0 Å². The van der Waals surface area contributed by atoms with Gasteiger partial charge in [-0.05, 0) is 244 Å². The molecule has 7 aromatic heterocycles. The Morgan fingerprint density at radius 3 is 1.01 bits per heavy atom. The van der Waals surface area contributed by atoms with E-state index in [9.17, 15) is 54.6 Å². The Morgan fingerprint density at radius 1 is 0.384 bits per heavy atom. The first-order valence-corrected chi connectivity index (χ1v) is 44.3. The quantitative estimate of drug-likeness (QED) is 0.0351. The number of aliphatic imine (C=N–C) groups is 1. The van der Waals surface area contributed by atoms with Crippen LogP contribution in [0, 0.1) is 52.2 Å². The number of hydrogen-bond donors (Lipinski definition) is 8. The topological polar surface area (TPSA) is 495 Å². The Balaban J connectivity index is 0.000000127. The summed E-state index contributed by atoms with van der Waals surface area (Å²) in [4.78, 5) is 53.2. The van der Waals surface area contributed by atoms with Gasteiger partial charge in [0, 0.05) is 133 Å². The monoisotopic (exact) mass is 1850 g/mol. The minimum Gasteiger partial charge on any atom is -0.393 e. The third-order valence-electron chi connectivity index (χ3n) is 23.4. The van der Waals surface area contributed by atoms with E-state index in [2.05, 4.69) is 161 Å². The highest BCUT2D eigenvalue weighted by atomic mass is 19.4. The lowest BCUT2D eigenvalue weighted by atomic mass is 10.0. The molecule has 138 heavy (non-hydrogen) atoms. The Labute approximate surface area is 788 Å². The average molecular weight is 1850 g/mol. The number of nitrogens with zero attached hydrogens (tertiary/aromatic N) is 30. The lowest BCUT2D eigenvalue weighted by Crippen LogP contribution is -2.36. The number of nitriles is 4. The predicted molar refractivity (Wildman–Crippen MR) is 509 cm³/mol. The highest BCUT2D eigenvalue weighted by Gasteiger charge is 2.36. The molecule has 0 atom stereocenters. The van der Waals surface area contributed by atoms with E-state index < -0.39 is 12.0 Å². The summed E-state index contributed by atoms with van der Waals surface area (Å²) in [7, 11) is 1.73. The summed E-state index contributed by atoms with van der Waals surface area (Å²) in [5, 5.41) is 126. The minimum absolute atomic E-state index is 0.254. The second kappa shape index (κ2) is 42.7. The van der Waals surface area contributed by atoms with Gasteiger partial charge in [-0.25, -0.2) is 54.5 Å². The molecule has 0 unspecified atom stereocenters. The zero-order valence-corrected chi connectivity index (χ0v) is 74.5. The Kier molecular flexibility index (Phi) is 28.6. The molecule has 20 rings (SSSR count). The molecule has 0 radical (unpaired) electrons. The molecule has 8 aromatic carbocycles. The molecule has 8 N–H and O–H groups in total. The highest BCUT2D eigenvalue weighted by Crippen LogP contribution is 2.37. The molecule has 0 amide bonds. The fourth-order valence-corrected chi connectivity index (χ4v) is 16.1. The molecule has 15 aromatic rings. The highest BCUT2D eigenvalue weighted by molar-refractivity contribution is 6.00. The number of anilines is 12. The van der Waals surface area contributed by atoms with Gasteiger partial charge in [0.1, 0.15) is 30.6 Å². The number of rotatable bonds is 20. The van der Waals surface area contributed by atoms with Gasteiger partial charge >= 0.3 is 6.18 Å². The summed E-state index contributed by atoms with van der Waals surface area (Å²) in [5.74, 6) is 2.39. The molecule has 12 heterocycles. The number of halogens is 3. The normalized spacial score (nSPS) is 14.6.